The molecule has 6 nitrogen and oxygen atoms in total. The van der Waals surface area contributed by atoms with Crippen LogP contribution in [0.3, 0.4) is 0 Å². The van der Waals surface area contributed by atoms with E-state index >= 15 is 0 Å². The molecule has 0 aliphatic carbocycles. The first-order valence-corrected chi connectivity index (χ1v) is 7.76. The van der Waals surface area contributed by atoms with Crippen LogP contribution in [0.1, 0.15) is 19.0 Å². The molecular weight excluding hydrogens is 288 g/mol. The number of methoxy groups -OCH3 is 1. The Hall–Kier alpha value is -1.73. The zero-order chi connectivity index (χ0) is 15.2. The van der Waals surface area contributed by atoms with E-state index in [1.807, 2.05) is 19.1 Å². The second-order valence-electron chi connectivity index (χ2n) is 4.68. The Kier molecular flexibility index (Phi) is 5.46. The summed E-state index contributed by atoms with van der Waals surface area (Å²) in [6.45, 7) is 5.98. The fourth-order valence-corrected chi connectivity index (χ4v) is 2.78. The van der Waals surface area contributed by atoms with E-state index in [1.54, 1.807) is 11.7 Å². The molecule has 21 heavy (non-hydrogen) atoms. The van der Waals surface area contributed by atoms with Gasteiger partial charge in [0, 0.05) is 25.9 Å². The van der Waals surface area contributed by atoms with Crippen LogP contribution >= 0.6 is 11.3 Å². The lowest BCUT2D eigenvalue weighted by molar-refractivity contribution is 0.211. The molecule has 2 heterocycles. The molecule has 0 unspecified atom stereocenters. The molecule has 0 aliphatic rings. The van der Waals surface area contributed by atoms with Crippen molar-refractivity contribution in [2.45, 2.75) is 26.8 Å². The lowest BCUT2D eigenvalue weighted by Gasteiger charge is -2.09. The van der Waals surface area contributed by atoms with Gasteiger partial charge in [-0.2, -0.15) is 0 Å². The summed E-state index contributed by atoms with van der Waals surface area (Å²) in [7, 11) is 1.65. The van der Waals surface area contributed by atoms with Gasteiger partial charge in [0.2, 0.25) is 5.13 Å². The Balaban J connectivity index is 2.26. The second kappa shape index (κ2) is 7.33. The molecule has 0 saturated carbocycles. The molecule has 114 valence electrons. The normalized spacial score (nSPS) is 10.8. The quantitative estimate of drug-likeness (QED) is 0.794. The fourth-order valence-electron chi connectivity index (χ4n) is 2.00. The zero-order valence-corrected chi connectivity index (χ0v) is 13.4. The first kappa shape index (κ1) is 15.7. The average molecular weight is 308 g/mol. The number of ether oxygens (including phenoxy) is 1. The van der Waals surface area contributed by atoms with Crippen LogP contribution in [-0.2, 0) is 11.3 Å². The minimum Gasteiger partial charge on any atom is -0.383 e. The van der Waals surface area contributed by atoms with Crippen LogP contribution in [0.2, 0.25) is 0 Å². The van der Waals surface area contributed by atoms with Crippen molar-refractivity contribution in [1.82, 2.24) is 14.8 Å². The summed E-state index contributed by atoms with van der Waals surface area (Å²) in [6, 6.07) is 3.77. The van der Waals surface area contributed by atoms with Gasteiger partial charge in [0.05, 0.1) is 12.2 Å². The number of aryl methyl sites for hydroxylation is 1. The summed E-state index contributed by atoms with van der Waals surface area (Å²) in [4.78, 5) is 12.5. The van der Waals surface area contributed by atoms with Crippen molar-refractivity contribution in [3.05, 3.63) is 28.2 Å². The number of aromatic nitrogens is 3. The minimum atomic E-state index is -0.00329. The van der Waals surface area contributed by atoms with E-state index in [9.17, 15) is 4.79 Å². The molecule has 0 amide bonds. The average Bonchev–Trinajstić information content (AvgIpc) is 2.92. The van der Waals surface area contributed by atoms with E-state index in [0.29, 0.717) is 28.9 Å². The van der Waals surface area contributed by atoms with Crippen LogP contribution in [0.25, 0.3) is 10.6 Å². The molecule has 0 aliphatic heterocycles. The van der Waals surface area contributed by atoms with Gasteiger partial charge in [-0.3, -0.25) is 4.79 Å². The van der Waals surface area contributed by atoms with Crippen molar-refractivity contribution < 1.29 is 4.74 Å². The number of nitrogens with zero attached hydrogens (tertiary/aromatic N) is 3. The maximum absolute atomic E-state index is 12.5. The monoisotopic (exact) mass is 308 g/mol. The molecule has 0 bridgehead atoms. The Morgan fingerprint density at radius 1 is 1.38 bits per heavy atom. The Morgan fingerprint density at radius 2 is 2.19 bits per heavy atom. The third kappa shape index (κ3) is 3.68. The lowest BCUT2D eigenvalue weighted by atomic mass is 10.2. The van der Waals surface area contributed by atoms with Crippen LogP contribution in [0.15, 0.2) is 16.9 Å². The molecule has 0 radical (unpaired) electrons. The highest BCUT2D eigenvalue weighted by Crippen LogP contribution is 2.24. The van der Waals surface area contributed by atoms with Crippen LogP contribution in [0.4, 0.5) is 5.13 Å². The molecule has 0 saturated heterocycles. The molecule has 2 rings (SSSR count). The molecule has 2 aromatic heterocycles. The largest absolute Gasteiger partial charge is 0.383 e. The van der Waals surface area contributed by atoms with Gasteiger partial charge in [0.15, 0.2) is 5.01 Å². The molecular formula is C14H20N4O2S. The van der Waals surface area contributed by atoms with E-state index in [2.05, 4.69) is 22.4 Å². The molecule has 0 atom stereocenters. The number of rotatable bonds is 7. The maximum Gasteiger partial charge on any atom is 0.261 e. The van der Waals surface area contributed by atoms with Gasteiger partial charge < -0.3 is 14.6 Å². The van der Waals surface area contributed by atoms with Crippen LogP contribution in [-0.4, -0.2) is 35.0 Å². The van der Waals surface area contributed by atoms with Gasteiger partial charge in [0.25, 0.3) is 5.56 Å². The molecule has 1 N–H and O–H groups in total. The SMILES string of the molecule is CCCn1c(C)ccc(-c2nnc(NCCOC)s2)c1=O. The Bertz CT molecular complexity index is 651. The molecule has 0 fully saturated rings. The Morgan fingerprint density at radius 3 is 2.90 bits per heavy atom. The van der Waals surface area contributed by atoms with Gasteiger partial charge in [-0.25, -0.2) is 0 Å². The highest BCUT2D eigenvalue weighted by molar-refractivity contribution is 7.18. The van der Waals surface area contributed by atoms with E-state index in [1.165, 1.54) is 11.3 Å². The lowest BCUT2D eigenvalue weighted by Crippen LogP contribution is -2.23. The third-order valence-electron chi connectivity index (χ3n) is 3.08. The minimum absolute atomic E-state index is 0.00329. The van der Waals surface area contributed by atoms with Crippen LogP contribution in [0.5, 0.6) is 0 Å². The van der Waals surface area contributed by atoms with Gasteiger partial charge in [-0.15, -0.1) is 10.2 Å². The van der Waals surface area contributed by atoms with E-state index in [4.69, 9.17) is 4.74 Å². The molecule has 7 heteroatoms. The maximum atomic E-state index is 12.5. The van der Waals surface area contributed by atoms with Crippen molar-refractivity contribution in [2.75, 3.05) is 25.6 Å². The summed E-state index contributed by atoms with van der Waals surface area (Å²) in [6.07, 6.45) is 0.921. The molecule has 0 spiro atoms. The summed E-state index contributed by atoms with van der Waals surface area (Å²) < 4.78 is 6.76. The number of pyridine rings is 1. The number of hydrogen-bond acceptors (Lipinski definition) is 6. The molecule has 0 aromatic carbocycles. The topological polar surface area (TPSA) is 69.0 Å². The van der Waals surface area contributed by atoms with Gasteiger partial charge >= 0.3 is 0 Å². The summed E-state index contributed by atoms with van der Waals surface area (Å²) in [5, 5.41) is 12.6. The van der Waals surface area contributed by atoms with Crippen molar-refractivity contribution >= 4 is 16.5 Å². The van der Waals surface area contributed by atoms with E-state index in [0.717, 1.165) is 18.7 Å². The standard InChI is InChI=1S/C14H20N4O2S/c1-4-8-18-10(2)5-6-11(13(18)19)12-16-17-14(21-12)15-7-9-20-3/h5-6H,4,7-9H2,1-3H3,(H,15,17). The predicted octanol–water partition coefficient (Wildman–Crippen LogP) is 2.14. The van der Waals surface area contributed by atoms with Crippen molar-refractivity contribution in [1.29, 1.82) is 0 Å². The summed E-state index contributed by atoms with van der Waals surface area (Å²) in [5.74, 6) is 0. The first-order chi connectivity index (χ1) is 10.2. The summed E-state index contributed by atoms with van der Waals surface area (Å²) >= 11 is 1.38. The van der Waals surface area contributed by atoms with Crippen molar-refractivity contribution in [3.63, 3.8) is 0 Å². The summed E-state index contributed by atoms with van der Waals surface area (Å²) in [5.41, 5.74) is 1.57. The first-order valence-electron chi connectivity index (χ1n) is 6.94. The Labute approximate surface area is 127 Å². The zero-order valence-electron chi connectivity index (χ0n) is 12.5. The van der Waals surface area contributed by atoms with Gasteiger partial charge in [0.1, 0.15) is 0 Å². The van der Waals surface area contributed by atoms with Crippen LogP contribution in [0, 0.1) is 6.92 Å². The van der Waals surface area contributed by atoms with E-state index < -0.39 is 0 Å². The van der Waals surface area contributed by atoms with Gasteiger partial charge in [-0.05, 0) is 25.5 Å². The fraction of sp³-hybridized carbons (Fsp3) is 0.500. The smallest absolute Gasteiger partial charge is 0.261 e. The van der Waals surface area contributed by atoms with Gasteiger partial charge in [-0.1, -0.05) is 18.3 Å². The predicted molar refractivity (Wildman–Crippen MR) is 85.0 cm³/mol. The second-order valence-corrected chi connectivity index (χ2v) is 5.65. The third-order valence-corrected chi connectivity index (χ3v) is 3.99. The van der Waals surface area contributed by atoms with Crippen molar-refractivity contribution in [3.8, 4) is 10.6 Å². The van der Waals surface area contributed by atoms with E-state index in [-0.39, 0.29) is 5.56 Å². The number of hydrogen-bond donors (Lipinski definition) is 1. The number of nitrogens with one attached hydrogen (secondary N) is 1. The molecule has 2 aromatic rings. The highest BCUT2D eigenvalue weighted by atomic mass is 32.1. The van der Waals surface area contributed by atoms with Crippen LogP contribution < -0.4 is 10.9 Å². The highest BCUT2D eigenvalue weighted by Gasteiger charge is 2.12. The number of anilines is 1. The van der Waals surface area contributed by atoms with Crippen molar-refractivity contribution in [2.24, 2.45) is 0 Å².